The van der Waals surface area contributed by atoms with Crippen molar-refractivity contribution in [3.8, 4) is 0 Å². The molecule has 1 aliphatic heterocycles. The molecule has 0 amide bonds. The summed E-state index contributed by atoms with van der Waals surface area (Å²) in [6, 6.07) is 3.46. The van der Waals surface area contributed by atoms with E-state index in [1.54, 1.807) is 0 Å². The summed E-state index contributed by atoms with van der Waals surface area (Å²) in [5.41, 5.74) is -0.0493. The van der Waals surface area contributed by atoms with E-state index >= 15 is 0 Å². The Kier molecular flexibility index (Phi) is 2.94. The predicted octanol–water partition coefficient (Wildman–Crippen LogP) is 0.851. The molecule has 0 radical (unpaired) electrons. The monoisotopic (exact) mass is 247 g/mol. The summed E-state index contributed by atoms with van der Waals surface area (Å²) in [5, 5.41) is 2.81. The molecule has 0 bridgehead atoms. The lowest BCUT2D eigenvalue weighted by Crippen LogP contribution is -2.50. The molecule has 1 saturated heterocycles. The normalized spacial score (nSPS) is 19.4. The van der Waals surface area contributed by atoms with Crippen molar-refractivity contribution < 1.29 is 17.2 Å². The lowest BCUT2D eigenvalue weighted by Gasteiger charge is -2.26. The van der Waals surface area contributed by atoms with Crippen LogP contribution in [-0.2, 0) is 16.4 Å². The van der Waals surface area contributed by atoms with Crippen LogP contribution in [0.2, 0.25) is 0 Å². The van der Waals surface area contributed by atoms with Gasteiger partial charge in [0.25, 0.3) is 0 Å². The van der Waals surface area contributed by atoms with Crippen LogP contribution in [0.25, 0.3) is 0 Å². The average molecular weight is 247 g/mol. The molecule has 1 fully saturated rings. The van der Waals surface area contributed by atoms with E-state index in [2.05, 4.69) is 5.32 Å². The molecular weight excluding hydrogens is 236 g/mol. The van der Waals surface area contributed by atoms with E-state index in [-0.39, 0.29) is 29.7 Å². The van der Waals surface area contributed by atoms with E-state index in [0.29, 0.717) is 0 Å². The number of hydrogen-bond acceptors (Lipinski definition) is 3. The topological polar surface area (TPSA) is 46.2 Å². The zero-order chi connectivity index (χ0) is 11.8. The first-order chi connectivity index (χ1) is 7.48. The Morgan fingerprint density at radius 3 is 2.31 bits per heavy atom. The van der Waals surface area contributed by atoms with Crippen molar-refractivity contribution in [3.63, 3.8) is 0 Å². The van der Waals surface area contributed by atoms with Gasteiger partial charge in [-0.05, 0) is 12.1 Å². The van der Waals surface area contributed by atoms with Crippen molar-refractivity contribution >= 4 is 9.84 Å². The summed E-state index contributed by atoms with van der Waals surface area (Å²) >= 11 is 0. The van der Waals surface area contributed by atoms with Gasteiger partial charge in [0.2, 0.25) is 0 Å². The number of halogens is 2. The molecule has 0 aliphatic carbocycles. The number of benzene rings is 1. The van der Waals surface area contributed by atoms with Crippen LogP contribution in [0.1, 0.15) is 5.56 Å². The van der Waals surface area contributed by atoms with Crippen molar-refractivity contribution in [1.82, 2.24) is 5.32 Å². The van der Waals surface area contributed by atoms with E-state index in [1.165, 1.54) is 18.2 Å². The average Bonchev–Trinajstić information content (AvgIpc) is 2.14. The molecule has 0 saturated carbocycles. The van der Waals surface area contributed by atoms with E-state index in [0.717, 1.165) is 0 Å². The molecular formula is C10H11F2NO2S. The van der Waals surface area contributed by atoms with Gasteiger partial charge in [-0.3, -0.25) is 0 Å². The molecule has 0 aromatic heterocycles. The molecule has 3 nitrogen and oxygen atoms in total. The first-order valence-corrected chi connectivity index (χ1v) is 6.67. The van der Waals surface area contributed by atoms with Crippen molar-refractivity contribution in [2.45, 2.75) is 12.6 Å². The van der Waals surface area contributed by atoms with Gasteiger partial charge in [-0.1, -0.05) is 6.07 Å². The highest BCUT2D eigenvalue weighted by molar-refractivity contribution is 7.92. The molecule has 1 aromatic carbocycles. The first kappa shape index (κ1) is 11.5. The maximum absolute atomic E-state index is 13.2. The van der Waals surface area contributed by atoms with Gasteiger partial charge in [-0.2, -0.15) is 0 Å². The second-order valence-corrected chi connectivity index (χ2v) is 6.01. The third kappa shape index (κ3) is 2.38. The maximum Gasteiger partial charge on any atom is 0.153 e. The largest absolute Gasteiger partial charge is 0.308 e. The Morgan fingerprint density at radius 1 is 1.25 bits per heavy atom. The second-order valence-electron chi connectivity index (χ2n) is 3.85. The number of rotatable bonds is 3. The van der Waals surface area contributed by atoms with E-state index in [1.807, 2.05) is 0 Å². The van der Waals surface area contributed by atoms with E-state index < -0.39 is 21.5 Å². The molecule has 1 aromatic rings. The Balaban J connectivity index is 1.96. The summed E-state index contributed by atoms with van der Waals surface area (Å²) in [4.78, 5) is 0. The van der Waals surface area contributed by atoms with Gasteiger partial charge in [0, 0.05) is 18.2 Å². The van der Waals surface area contributed by atoms with Crippen LogP contribution in [0.4, 0.5) is 8.78 Å². The number of nitrogens with one attached hydrogen (secondary N) is 1. The fourth-order valence-corrected chi connectivity index (χ4v) is 2.99. The van der Waals surface area contributed by atoms with Crippen LogP contribution in [0.15, 0.2) is 18.2 Å². The molecule has 1 heterocycles. The highest BCUT2D eigenvalue weighted by atomic mass is 32.2. The molecule has 0 spiro atoms. The Bertz CT molecular complexity index is 469. The molecule has 0 unspecified atom stereocenters. The van der Waals surface area contributed by atoms with Gasteiger partial charge in [0.15, 0.2) is 9.84 Å². The van der Waals surface area contributed by atoms with Crippen LogP contribution >= 0.6 is 0 Å². The Labute approximate surface area is 92.4 Å². The molecule has 88 valence electrons. The SMILES string of the molecule is O=S1(=O)CC(NCc2c(F)cccc2F)C1. The predicted molar refractivity (Wildman–Crippen MR) is 55.6 cm³/mol. The standard InChI is InChI=1S/C10H11F2NO2S/c11-9-2-1-3-10(12)8(9)4-13-7-5-16(14,15)6-7/h1-3,7,13H,4-6H2. The minimum Gasteiger partial charge on any atom is -0.308 e. The molecule has 0 atom stereocenters. The van der Waals surface area contributed by atoms with Gasteiger partial charge < -0.3 is 5.32 Å². The van der Waals surface area contributed by atoms with Gasteiger partial charge >= 0.3 is 0 Å². The van der Waals surface area contributed by atoms with Crippen molar-refractivity contribution in [2.75, 3.05) is 11.5 Å². The van der Waals surface area contributed by atoms with Gasteiger partial charge in [-0.15, -0.1) is 0 Å². The maximum atomic E-state index is 13.2. The van der Waals surface area contributed by atoms with Crippen molar-refractivity contribution in [1.29, 1.82) is 0 Å². The Morgan fingerprint density at radius 2 is 1.81 bits per heavy atom. The summed E-state index contributed by atoms with van der Waals surface area (Å²) in [6.45, 7) is 0.0126. The van der Waals surface area contributed by atoms with Crippen LogP contribution in [-0.4, -0.2) is 26.0 Å². The molecule has 1 N–H and O–H groups in total. The van der Waals surface area contributed by atoms with Crippen LogP contribution < -0.4 is 5.32 Å². The van der Waals surface area contributed by atoms with Gasteiger partial charge in [0.1, 0.15) is 11.6 Å². The van der Waals surface area contributed by atoms with Crippen molar-refractivity contribution in [3.05, 3.63) is 35.4 Å². The minimum atomic E-state index is -2.91. The minimum absolute atomic E-state index is 0.0126. The summed E-state index contributed by atoms with van der Waals surface area (Å²) in [7, 11) is -2.91. The van der Waals surface area contributed by atoms with Crippen molar-refractivity contribution in [2.24, 2.45) is 0 Å². The lowest BCUT2D eigenvalue weighted by atomic mass is 10.2. The Hall–Kier alpha value is -1.01. The molecule has 2 rings (SSSR count). The van der Waals surface area contributed by atoms with Crippen LogP contribution in [0.3, 0.4) is 0 Å². The summed E-state index contributed by atoms with van der Waals surface area (Å²) in [5.74, 6) is -1.14. The van der Waals surface area contributed by atoms with Gasteiger partial charge in [0.05, 0.1) is 11.5 Å². The molecule has 6 heteroatoms. The third-order valence-electron chi connectivity index (χ3n) is 2.54. The third-order valence-corrected chi connectivity index (χ3v) is 4.36. The quantitative estimate of drug-likeness (QED) is 0.861. The van der Waals surface area contributed by atoms with Crippen LogP contribution in [0, 0.1) is 11.6 Å². The highest BCUT2D eigenvalue weighted by Crippen LogP contribution is 2.14. The first-order valence-electron chi connectivity index (χ1n) is 4.84. The lowest BCUT2D eigenvalue weighted by molar-refractivity contribution is 0.488. The summed E-state index contributed by atoms with van der Waals surface area (Å²) < 4.78 is 48.1. The summed E-state index contributed by atoms with van der Waals surface area (Å²) in [6.07, 6.45) is 0. The number of hydrogen-bond donors (Lipinski definition) is 1. The zero-order valence-electron chi connectivity index (χ0n) is 8.41. The second kappa shape index (κ2) is 4.10. The highest BCUT2D eigenvalue weighted by Gasteiger charge is 2.32. The van der Waals surface area contributed by atoms with Crippen LogP contribution in [0.5, 0.6) is 0 Å². The number of sulfone groups is 1. The smallest absolute Gasteiger partial charge is 0.153 e. The fourth-order valence-electron chi connectivity index (χ4n) is 1.63. The molecule has 16 heavy (non-hydrogen) atoms. The fraction of sp³-hybridized carbons (Fsp3) is 0.400. The molecule has 1 aliphatic rings. The zero-order valence-corrected chi connectivity index (χ0v) is 9.23. The van der Waals surface area contributed by atoms with E-state index in [9.17, 15) is 17.2 Å². The van der Waals surface area contributed by atoms with E-state index in [4.69, 9.17) is 0 Å². The van der Waals surface area contributed by atoms with Gasteiger partial charge in [-0.25, -0.2) is 17.2 Å².